The first-order chi connectivity index (χ1) is 11.7. The highest BCUT2D eigenvalue weighted by molar-refractivity contribution is 14.0. The molecular weight excluding hydrogens is 431 g/mol. The van der Waals surface area contributed by atoms with Crippen molar-refractivity contribution < 1.29 is 9.53 Å². The van der Waals surface area contributed by atoms with Gasteiger partial charge < -0.3 is 20.7 Å². The molecule has 0 saturated heterocycles. The van der Waals surface area contributed by atoms with Crippen molar-refractivity contribution >= 4 is 35.8 Å². The lowest BCUT2D eigenvalue weighted by atomic mass is 10.2. The maximum absolute atomic E-state index is 11.4. The Bertz CT molecular complexity index is 524. The van der Waals surface area contributed by atoms with Gasteiger partial charge in [-0.3, -0.25) is 4.79 Å². The van der Waals surface area contributed by atoms with Gasteiger partial charge in [-0.15, -0.1) is 24.0 Å². The molecule has 0 aliphatic rings. The molecule has 1 aromatic carbocycles. The van der Waals surface area contributed by atoms with E-state index in [1.165, 1.54) is 0 Å². The molecule has 1 amide bonds. The smallest absolute Gasteiger partial charge is 0.257 e. The van der Waals surface area contributed by atoms with Crippen molar-refractivity contribution in [2.45, 2.75) is 40.2 Å². The molecule has 25 heavy (non-hydrogen) atoms. The minimum absolute atomic E-state index is 0. The van der Waals surface area contributed by atoms with Crippen LogP contribution >= 0.6 is 24.0 Å². The van der Waals surface area contributed by atoms with E-state index in [0.717, 1.165) is 37.5 Å². The van der Waals surface area contributed by atoms with Gasteiger partial charge in [-0.05, 0) is 38.0 Å². The van der Waals surface area contributed by atoms with Crippen molar-refractivity contribution in [1.82, 2.24) is 16.0 Å². The molecule has 0 saturated carbocycles. The topological polar surface area (TPSA) is 74.8 Å². The Labute approximate surface area is 168 Å². The van der Waals surface area contributed by atoms with Gasteiger partial charge in [-0.2, -0.15) is 0 Å². The SMILES string of the molecule is CCCCNC(=NCc1cccc(OCC(=O)NCC)c1)NCC.I. The number of rotatable bonds is 10. The lowest BCUT2D eigenvalue weighted by Gasteiger charge is -2.11. The van der Waals surface area contributed by atoms with Crippen molar-refractivity contribution in [2.75, 3.05) is 26.2 Å². The molecule has 0 aliphatic heterocycles. The number of carbonyl (C=O) groups is 1. The normalized spacial score (nSPS) is 10.6. The number of ether oxygens (including phenoxy) is 1. The molecule has 1 aromatic rings. The Morgan fingerprint density at radius 3 is 2.56 bits per heavy atom. The maximum atomic E-state index is 11.4. The summed E-state index contributed by atoms with van der Waals surface area (Å²) in [6.45, 7) is 9.03. The predicted octanol–water partition coefficient (Wildman–Crippen LogP) is 2.67. The number of guanidine groups is 1. The summed E-state index contributed by atoms with van der Waals surface area (Å²) in [5.74, 6) is 1.38. The monoisotopic (exact) mass is 462 g/mol. The number of amides is 1. The summed E-state index contributed by atoms with van der Waals surface area (Å²) < 4.78 is 5.50. The van der Waals surface area contributed by atoms with Crippen LogP contribution < -0.4 is 20.7 Å². The van der Waals surface area contributed by atoms with Crippen molar-refractivity contribution in [2.24, 2.45) is 4.99 Å². The zero-order valence-corrected chi connectivity index (χ0v) is 17.8. The van der Waals surface area contributed by atoms with Crippen LogP contribution in [0.25, 0.3) is 0 Å². The summed E-state index contributed by atoms with van der Waals surface area (Å²) in [5.41, 5.74) is 1.04. The van der Waals surface area contributed by atoms with Gasteiger partial charge in [-0.25, -0.2) is 4.99 Å². The molecule has 0 bridgehead atoms. The summed E-state index contributed by atoms with van der Waals surface area (Å²) in [4.78, 5) is 16.0. The van der Waals surface area contributed by atoms with E-state index in [2.05, 4.69) is 27.9 Å². The third-order valence-electron chi connectivity index (χ3n) is 3.23. The van der Waals surface area contributed by atoms with Crippen LogP contribution in [0.2, 0.25) is 0 Å². The molecule has 142 valence electrons. The average Bonchev–Trinajstić information content (AvgIpc) is 2.59. The van der Waals surface area contributed by atoms with E-state index in [1.807, 2.05) is 38.1 Å². The van der Waals surface area contributed by atoms with E-state index in [-0.39, 0.29) is 36.5 Å². The van der Waals surface area contributed by atoms with Crippen LogP contribution in [0, 0.1) is 0 Å². The Morgan fingerprint density at radius 2 is 1.88 bits per heavy atom. The number of nitrogens with zero attached hydrogens (tertiary/aromatic N) is 1. The molecule has 0 atom stereocenters. The van der Waals surface area contributed by atoms with E-state index >= 15 is 0 Å². The van der Waals surface area contributed by atoms with Crippen LogP contribution in [-0.2, 0) is 11.3 Å². The minimum Gasteiger partial charge on any atom is -0.484 e. The number of halogens is 1. The third-order valence-corrected chi connectivity index (χ3v) is 3.23. The Balaban J connectivity index is 0.00000576. The number of nitrogens with one attached hydrogen (secondary N) is 3. The van der Waals surface area contributed by atoms with Gasteiger partial charge >= 0.3 is 0 Å². The lowest BCUT2D eigenvalue weighted by Crippen LogP contribution is -2.37. The van der Waals surface area contributed by atoms with E-state index in [0.29, 0.717) is 18.8 Å². The molecule has 7 heteroatoms. The van der Waals surface area contributed by atoms with Crippen LogP contribution in [0.15, 0.2) is 29.3 Å². The number of carbonyl (C=O) groups excluding carboxylic acids is 1. The van der Waals surface area contributed by atoms with Gasteiger partial charge in [0.05, 0.1) is 6.54 Å². The summed E-state index contributed by atoms with van der Waals surface area (Å²) in [6, 6.07) is 7.67. The van der Waals surface area contributed by atoms with E-state index in [9.17, 15) is 4.79 Å². The fraction of sp³-hybridized carbons (Fsp3) is 0.556. The zero-order valence-electron chi connectivity index (χ0n) is 15.4. The second-order valence-corrected chi connectivity index (χ2v) is 5.37. The lowest BCUT2D eigenvalue weighted by molar-refractivity contribution is -0.122. The van der Waals surface area contributed by atoms with Crippen molar-refractivity contribution in [3.8, 4) is 5.75 Å². The molecule has 0 aromatic heterocycles. The average molecular weight is 462 g/mol. The van der Waals surface area contributed by atoms with Crippen LogP contribution in [0.5, 0.6) is 5.75 Å². The Kier molecular flexibility index (Phi) is 13.9. The predicted molar refractivity (Wildman–Crippen MR) is 114 cm³/mol. The van der Waals surface area contributed by atoms with E-state index in [1.54, 1.807) is 0 Å². The van der Waals surface area contributed by atoms with E-state index < -0.39 is 0 Å². The van der Waals surface area contributed by atoms with Crippen LogP contribution in [0.1, 0.15) is 39.2 Å². The minimum atomic E-state index is -0.115. The molecule has 0 unspecified atom stereocenters. The molecule has 0 aliphatic carbocycles. The number of hydrogen-bond donors (Lipinski definition) is 3. The highest BCUT2D eigenvalue weighted by atomic mass is 127. The highest BCUT2D eigenvalue weighted by Crippen LogP contribution is 2.14. The first kappa shape index (κ1) is 23.5. The summed E-state index contributed by atoms with van der Waals surface area (Å²) in [6.07, 6.45) is 2.27. The van der Waals surface area contributed by atoms with Gasteiger partial charge in [0.1, 0.15) is 5.75 Å². The van der Waals surface area contributed by atoms with Crippen LogP contribution in [0.4, 0.5) is 0 Å². The molecule has 3 N–H and O–H groups in total. The van der Waals surface area contributed by atoms with Crippen LogP contribution in [0.3, 0.4) is 0 Å². The fourth-order valence-electron chi connectivity index (χ4n) is 2.03. The first-order valence-corrected chi connectivity index (χ1v) is 8.70. The van der Waals surface area contributed by atoms with Gasteiger partial charge in [0.2, 0.25) is 0 Å². The number of unbranched alkanes of at least 4 members (excludes halogenated alkanes) is 1. The molecule has 1 rings (SSSR count). The largest absolute Gasteiger partial charge is 0.484 e. The maximum Gasteiger partial charge on any atom is 0.257 e. The number of likely N-dealkylation sites (N-methyl/N-ethyl adjacent to an activating group) is 1. The molecular formula is C18H31IN4O2. The molecule has 0 spiro atoms. The molecule has 6 nitrogen and oxygen atoms in total. The van der Waals surface area contributed by atoms with E-state index in [4.69, 9.17) is 4.74 Å². The summed E-state index contributed by atoms with van der Waals surface area (Å²) in [7, 11) is 0. The van der Waals surface area contributed by atoms with Crippen LogP contribution in [-0.4, -0.2) is 38.1 Å². The summed E-state index contributed by atoms with van der Waals surface area (Å²) >= 11 is 0. The first-order valence-electron chi connectivity index (χ1n) is 8.70. The number of benzene rings is 1. The van der Waals surface area contributed by atoms with Crippen molar-refractivity contribution in [3.05, 3.63) is 29.8 Å². The Morgan fingerprint density at radius 1 is 1.12 bits per heavy atom. The third kappa shape index (κ3) is 10.9. The van der Waals surface area contributed by atoms with Gasteiger partial charge in [-0.1, -0.05) is 25.5 Å². The quantitative estimate of drug-likeness (QED) is 0.216. The molecule has 0 fully saturated rings. The standard InChI is InChI=1S/C18H30N4O2.HI/c1-4-7-11-21-18(20-6-3)22-13-15-9-8-10-16(12-15)24-14-17(23)19-5-2;/h8-10,12H,4-7,11,13-14H2,1-3H3,(H,19,23)(H2,20,21,22);1H. The summed E-state index contributed by atoms with van der Waals surface area (Å²) in [5, 5.41) is 9.26. The number of aliphatic imine (C=N–C) groups is 1. The number of hydrogen-bond acceptors (Lipinski definition) is 3. The van der Waals surface area contributed by atoms with Gasteiger partial charge in [0, 0.05) is 19.6 Å². The highest BCUT2D eigenvalue weighted by Gasteiger charge is 2.02. The molecule has 0 heterocycles. The fourth-order valence-corrected chi connectivity index (χ4v) is 2.03. The zero-order chi connectivity index (χ0) is 17.6. The van der Waals surface area contributed by atoms with Crippen molar-refractivity contribution in [1.29, 1.82) is 0 Å². The van der Waals surface area contributed by atoms with Gasteiger partial charge in [0.15, 0.2) is 12.6 Å². The molecule has 0 radical (unpaired) electrons. The van der Waals surface area contributed by atoms with Crippen molar-refractivity contribution in [3.63, 3.8) is 0 Å². The second kappa shape index (κ2) is 14.8. The second-order valence-electron chi connectivity index (χ2n) is 5.37. The van der Waals surface area contributed by atoms with Gasteiger partial charge in [0.25, 0.3) is 5.91 Å². The Hall–Kier alpha value is -1.51.